The zero-order chi connectivity index (χ0) is 24.6. The van der Waals surface area contributed by atoms with Gasteiger partial charge in [0.2, 0.25) is 11.8 Å². The Morgan fingerprint density at radius 1 is 1.09 bits per heavy atom. The van der Waals surface area contributed by atoms with Gasteiger partial charge in [0.25, 0.3) is 5.69 Å². The highest BCUT2D eigenvalue weighted by molar-refractivity contribution is 7.99. The lowest BCUT2D eigenvalue weighted by molar-refractivity contribution is -0.384. The minimum atomic E-state index is -0.604. The molecule has 0 bridgehead atoms. The fourth-order valence-corrected chi connectivity index (χ4v) is 4.21. The number of thioether (sulfide) groups is 1. The predicted octanol–water partition coefficient (Wildman–Crippen LogP) is 5.20. The largest absolute Gasteiger partial charge is 0.350 e. The molecule has 9 heteroatoms. The summed E-state index contributed by atoms with van der Waals surface area (Å²) in [6.45, 7) is 7.90. The normalized spacial score (nSPS) is 12.2. The van der Waals surface area contributed by atoms with Gasteiger partial charge in [-0.3, -0.25) is 19.7 Å². The minimum absolute atomic E-state index is 0.0321. The fraction of sp³-hybridized carbons (Fsp3) is 0.417. The maximum Gasteiger partial charge on any atom is 0.269 e. The molecule has 1 atom stereocenters. The van der Waals surface area contributed by atoms with Crippen LogP contribution >= 0.6 is 23.4 Å². The summed E-state index contributed by atoms with van der Waals surface area (Å²) in [5, 5.41) is 14.4. The molecule has 2 amide bonds. The third-order valence-corrected chi connectivity index (χ3v) is 6.03. The molecule has 1 N–H and O–H groups in total. The summed E-state index contributed by atoms with van der Waals surface area (Å²) in [7, 11) is 0. The first-order chi connectivity index (χ1) is 15.5. The van der Waals surface area contributed by atoms with E-state index in [0.29, 0.717) is 23.7 Å². The summed E-state index contributed by atoms with van der Waals surface area (Å²) in [6.07, 6.45) is 0.480. The number of nitro benzene ring substituents is 1. The highest BCUT2D eigenvalue weighted by Crippen LogP contribution is 2.20. The lowest BCUT2D eigenvalue weighted by atomic mass is 10.1. The van der Waals surface area contributed by atoms with Gasteiger partial charge in [0, 0.05) is 35.0 Å². The van der Waals surface area contributed by atoms with Crippen molar-refractivity contribution in [3.8, 4) is 0 Å². The number of halogens is 1. The van der Waals surface area contributed by atoms with Crippen LogP contribution in [0, 0.1) is 10.1 Å². The van der Waals surface area contributed by atoms with E-state index in [1.807, 2.05) is 39.8 Å². The van der Waals surface area contributed by atoms with E-state index >= 15 is 0 Å². The molecule has 2 rings (SSSR count). The molecule has 0 aliphatic heterocycles. The van der Waals surface area contributed by atoms with Crippen LogP contribution in [-0.4, -0.2) is 39.0 Å². The second-order valence-electron chi connectivity index (χ2n) is 8.73. The molecule has 0 saturated carbocycles. The van der Waals surface area contributed by atoms with Crippen molar-refractivity contribution in [2.24, 2.45) is 0 Å². The molecule has 2 aromatic rings. The van der Waals surface area contributed by atoms with Gasteiger partial charge in [-0.2, -0.15) is 0 Å². The van der Waals surface area contributed by atoms with Crippen molar-refractivity contribution >= 4 is 40.9 Å². The Hall–Kier alpha value is -2.58. The SMILES string of the molecule is CC[C@H](C(=O)NC(C)(C)C)N(Cc1ccc(Cl)cc1)C(=O)CSCc1ccc([N+](=O)[O-])cc1. The number of non-ortho nitro benzene ring substituents is 1. The van der Waals surface area contributed by atoms with Gasteiger partial charge < -0.3 is 10.2 Å². The number of hydrogen-bond acceptors (Lipinski definition) is 5. The summed E-state index contributed by atoms with van der Waals surface area (Å²) < 4.78 is 0. The average Bonchev–Trinajstić information content (AvgIpc) is 2.74. The molecule has 0 heterocycles. The summed E-state index contributed by atoms with van der Waals surface area (Å²) in [5.74, 6) is 0.383. The molecule has 33 heavy (non-hydrogen) atoms. The summed E-state index contributed by atoms with van der Waals surface area (Å²) >= 11 is 7.40. The number of nitrogens with zero attached hydrogens (tertiary/aromatic N) is 2. The summed E-state index contributed by atoms with van der Waals surface area (Å²) in [4.78, 5) is 38.2. The first-order valence-corrected chi connectivity index (χ1v) is 12.2. The fourth-order valence-electron chi connectivity index (χ4n) is 3.21. The van der Waals surface area contributed by atoms with Crippen LogP contribution in [0.5, 0.6) is 0 Å². The van der Waals surface area contributed by atoms with Crippen molar-refractivity contribution in [1.29, 1.82) is 0 Å². The van der Waals surface area contributed by atoms with Gasteiger partial charge in [0.15, 0.2) is 0 Å². The number of carbonyl (C=O) groups excluding carboxylic acids is 2. The topological polar surface area (TPSA) is 92.6 Å². The van der Waals surface area contributed by atoms with Crippen LogP contribution < -0.4 is 5.32 Å². The highest BCUT2D eigenvalue weighted by Gasteiger charge is 2.30. The van der Waals surface area contributed by atoms with Gasteiger partial charge in [0.05, 0.1) is 10.7 Å². The van der Waals surface area contributed by atoms with Crippen molar-refractivity contribution in [2.75, 3.05) is 5.75 Å². The number of rotatable bonds is 10. The minimum Gasteiger partial charge on any atom is -0.350 e. The molecule has 7 nitrogen and oxygen atoms in total. The van der Waals surface area contributed by atoms with Crippen LogP contribution in [0.1, 0.15) is 45.2 Å². The Kier molecular flexibility index (Phi) is 9.73. The highest BCUT2D eigenvalue weighted by atomic mass is 35.5. The number of amides is 2. The first kappa shape index (κ1) is 26.7. The molecule has 0 fully saturated rings. The van der Waals surface area contributed by atoms with Crippen molar-refractivity contribution in [3.05, 3.63) is 74.8 Å². The Morgan fingerprint density at radius 2 is 1.67 bits per heavy atom. The van der Waals surface area contributed by atoms with E-state index in [2.05, 4.69) is 5.32 Å². The lowest BCUT2D eigenvalue weighted by Crippen LogP contribution is -2.53. The third kappa shape index (κ3) is 8.70. The summed E-state index contributed by atoms with van der Waals surface area (Å²) in [5.41, 5.74) is 1.39. The van der Waals surface area contributed by atoms with Gasteiger partial charge in [-0.05, 0) is 50.5 Å². The van der Waals surface area contributed by atoms with Gasteiger partial charge in [-0.25, -0.2) is 0 Å². The van der Waals surface area contributed by atoms with E-state index < -0.39 is 16.5 Å². The maximum atomic E-state index is 13.2. The smallest absolute Gasteiger partial charge is 0.269 e. The van der Waals surface area contributed by atoms with E-state index in [9.17, 15) is 19.7 Å². The quantitative estimate of drug-likeness (QED) is 0.364. The van der Waals surface area contributed by atoms with Crippen LogP contribution in [-0.2, 0) is 21.9 Å². The van der Waals surface area contributed by atoms with Crippen LogP contribution in [0.2, 0.25) is 5.02 Å². The van der Waals surface area contributed by atoms with Crippen LogP contribution in [0.25, 0.3) is 0 Å². The lowest BCUT2D eigenvalue weighted by Gasteiger charge is -2.33. The molecule has 2 aromatic carbocycles. The van der Waals surface area contributed by atoms with Crippen molar-refractivity contribution in [1.82, 2.24) is 10.2 Å². The monoisotopic (exact) mass is 491 g/mol. The third-order valence-electron chi connectivity index (χ3n) is 4.79. The van der Waals surface area contributed by atoms with Gasteiger partial charge >= 0.3 is 0 Å². The van der Waals surface area contributed by atoms with E-state index in [1.54, 1.807) is 29.2 Å². The number of benzene rings is 2. The van der Waals surface area contributed by atoms with E-state index in [1.165, 1.54) is 23.9 Å². The van der Waals surface area contributed by atoms with Crippen molar-refractivity contribution in [2.45, 2.75) is 58.0 Å². The maximum absolute atomic E-state index is 13.2. The number of nitrogens with one attached hydrogen (secondary N) is 1. The van der Waals surface area contributed by atoms with E-state index in [-0.39, 0.29) is 23.3 Å². The Balaban J connectivity index is 2.12. The molecule has 0 aliphatic carbocycles. The summed E-state index contributed by atoms with van der Waals surface area (Å²) in [6, 6.07) is 12.9. The Bertz CT molecular complexity index is 959. The van der Waals surface area contributed by atoms with Crippen molar-refractivity contribution < 1.29 is 14.5 Å². The molecule has 0 unspecified atom stereocenters. The van der Waals surface area contributed by atoms with Crippen LogP contribution in [0.4, 0.5) is 5.69 Å². The van der Waals surface area contributed by atoms with Crippen LogP contribution in [0.3, 0.4) is 0 Å². The van der Waals surface area contributed by atoms with Gasteiger partial charge in [0.1, 0.15) is 6.04 Å². The molecule has 0 radical (unpaired) electrons. The number of nitro groups is 1. The second-order valence-corrected chi connectivity index (χ2v) is 10.1. The number of carbonyl (C=O) groups is 2. The van der Waals surface area contributed by atoms with E-state index in [0.717, 1.165) is 11.1 Å². The molecule has 0 aromatic heterocycles. The first-order valence-electron chi connectivity index (χ1n) is 10.7. The van der Waals surface area contributed by atoms with Gasteiger partial charge in [-0.1, -0.05) is 42.8 Å². The Morgan fingerprint density at radius 3 is 2.18 bits per heavy atom. The second kappa shape index (κ2) is 12.0. The number of hydrogen-bond donors (Lipinski definition) is 1. The van der Waals surface area contributed by atoms with Crippen molar-refractivity contribution in [3.63, 3.8) is 0 Å². The molecular formula is C24H30ClN3O4S. The Labute approximate surface area is 204 Å². The van der Waals surface area contributed by atoms with Gasteiger partial charge in [-0.15, -0.1) is 11.8 Å². The average molecular weight is 492 g/mol. The molecule has 0 saturated heterocycles. The predicted molar refractivity (Wildman–Crippen MR) is 133 cm³/mol. The van der Waals surface area contributed by atoms with E-state index in [4.69, 9.17) is 11.6 Å². The van der Waals surface area contributed by atoms with Crippen LogP contribution in [0.15, 0.2) is 48.5 Å². The zero-order valence-electron chi connectivity index (χ0n) is 19.3. The molecule has 178 valence electrons. The molecule has 0 aliphatic rings. The standard InChI is InChI=1S/C24H30ClN3O4S/c1-5-21(23(30)26-24(2,3)4)27(14-17-6-10-19(25)11-7-17)22(29)16-33-15-18-8-12-20(13-9-18)28(31)32/h6-13,21H,5,14-16H2,1-4H3,(H,26,30)/t21-/m1/s1. The molecule has 0 spiro atoms. The molecular weight excluding hydrogens is 462 g/mol. The zero-order valence-corrected chi connectivity index (χ0v) is 20.9.